The lowest BCUT2D eigenvalue weighted by Gasteiger charge is -2.23. The fourth-order valence-corrected chi connectivity index (χ4v) is 2.68. The molecule has 0 bridgehead atoms. The van der Waals surface area contributed by atoms with Crippen LogP contribution in [0.4, 0.5) is 11.4 Å². The van der Waals surface area contributed by atoms with E-state index in [9.17, 15) is 9.59 Å². The van der Waals surface area contributed by atoms with E-state index in [0.29, 0.717) is 9.02 Å². The van der Waals surface area contributed by atoms with Crippen LogP contribution in [0, 0.1) is 9.02 Å². The van der Waals surface area contributed by atoms with Crippen molar-refractivity contribution in [3.63, 3.8) is 0 Å². The Morgan fingerprint density at radius 2 is 1.15 bits per heavy atom. The van der Waals surface area contributed by atoms with Crippen LogP contribution >= 0.6 is 24.4 Å². The van der Waals surface area contributed by atoms with Crippen LogP contribution in [0.15, 0.2) is 21.7 Å². The van der Waals surface area contributed by atoms with Crippen LogP contribution in [-0.4, -0.2) is 77.8 Å². The minimum atomic E-state index is 0.0104. The monoisotopic (exact) mass is 410 g/mol. The van der Waals surface area contributed by atoms with E-state index in [2.05, 4.69) is 23.8 Å². The second-order valence-electron chi connectivity index (χ2n) is 6.99. The highest BCUT2D eigenvalue weighted by atomic mass is 32.1. The third-order valence-corrected chi connectivity index (χ3v) is 5.12. The molecule has 27 heavy (non-hydrogen) atoms. The molecule has 0 spiro atoms. The lowest BCUT2D eigenvalue weighted by atomic mass is 10.2. The molecule has 2 rings (SSSR count). The zero-order chi connectivity index (χ0) is 20.7. The Morgan fingerprint density at radius 1 is 0.741 bits per heavy atom. The molecule has 0 N–H and O–H groups in total. The van der Waals surface area contributed by atoms with Gasteiger partial charge in [-0.2, -0.15) is 0 Å². The van der Waals surface area contributed by atoms with Crippen LogP contribution in [-0.2, 0) is 0 Å². The molecule has 0 saturated carbocycles. The summed E-state index contributed by atoms with van der Waals surface area (Å²) in [4.78, 5) is 30.6. The van der Waals surface area contributed by atoms with E-state index in [-0.39, 0.29) is 10.9 Å². The van der Waals surface area contributed by atoms with Gasteiger partial charge in [-0.25, -0.2) is 0 Å². The van der Waals surface area contributed by atoms with E-state index in [1.54, 1.807) is 12.1 Å². The van der Waals surface area contributed by atoms with Gasteiger partial charge >= 0.3 is 0 Å². The predicted octanol–water partition coefficient (Wildman–Crippen LogP) is 1.69. The van der Waals surface area contributed by atoms with Gasteiger partial charge in [0.05, 0.1) is 20.4 Å². The van der Waals surface area contributed by atoms with Gasteiger partial charge in [-0.05, 0) is 39.8 Å². The van der Waals surface area contributed by atoms with E-state index in [4.69, 9.17) is 24.4 Å². The average Bonchev–Trinajstić information content (AvgIpc) is 2.65. The molecule has 0 aliphatic carbocycles. The van der Waals surface area contributed by atoms with Crippen molar-refractivity contribution in [1.29, 1.82) is 0 Å². The summed E-state index contributed by atoms with van der Waals surface area (Å²) in [5.41, 5.74) is 1.52. The van der Waals surface area contributed by atoms with Gasteiger partial charge in [0.15, 0.2) is 0 Å². The maximum atomic E-state index is 11.3. The highest BCUT2D eigenvalue weighted by molar-refractivity contribution is 7.71. The fraction of sp³-hybridized carbons (Fsp3) is 0.579. The summed E-state index contributed by atoms with van der Waals surface area (Å²) >= 11 is 9.57. The molecule has 0 aliphatic rings. The molecule has 150 valence electrons. The maximum Gasteiger partial charge on any atom is 0.219 e. The summed E-state index contributed by atoms with van der Waals surface area (Å²) in [6.07, 6.45) is 0. The molecular formula is C19H30N4O2S2. The number of nitrogens with zero attached hydrogens (tertiary/aromatic N) is 4. The van der Waals surface area contributed by atoms with Crippen molar-refractivity contribution in [2.45, 2.75) is 6.92 Å². The molecule has 0 fully saturated rings. The Morgan fingerprint density at radius 3 is 1.44 bits per heavy atom. The van der Waals surface area contributed by atoms with E-state index >= 15 is 0 Å². The molecule has 0 unspecified atom stereocenters. The van der Waals surface area contributed by atoms with Gasteiger partial charge in [-0.1, -0.05) is 31.4 Å². The Hall–Kier alpha value is -1.48. The minimum absolute atomic E-state index is 0.0104. The smallest absolute Gasteiger partial charge is 0.219 e. The summed E-state index contributed by atoms with van der Waals surface area (Å²) < 4.78 is 0.905. The molecule has 0 radical (unpaired) electrons. The van der Waals surface area contributed by atoms with Crippen molar-refractivity contribution < 1.29 is 0 Å². The molecule has 0 amide bonds. The Kier molecular flexibility index (Phi) is 9.38. The third-order valence-electron chi connectivity index (χ3n) is 4.51. The van der Waals surface area contributed by atoms with Crippen molar-refractivity contribution in [2.75, 3.05) is 77.8 Å². The molecular weight excluding hydrogens is 380 g/mol. The zero-order valence-corrected chi connectivity index (χ0v) is 18.7. The van der Waals surface area contributed by atoms with Crippen molar-refractivity contribution in [3.05, 3.63) is 41.6 Å². The summed E-state index contributed by atoms with van der Waals surface area (Å²) in [6, 6.07) is 3.52. The number of likely N-dealkylation sites (N-methyl/N-ethyl adjacent to an activating group) is 4. The highest BCUT2D eigenvalue weighted by Crippen LogP contribution is 2.09. The highest BCUT2D eigenvalue weighted by Gasteiger charge is 2.11. The van der Waals surface area contributed by atoms with Crippen LogP contribution in [0.5, 0.6) is 0 Å². The second-order valence-corrected chi connectivity index (χ2v) is 7.87. The number of anilines is 2. The van der Waals surface area contributed by atoms with Crippen LogP contribution in [0.3, 0.4) is 0 Å². The Labute approximate surface area is 172 Å². The lowest BCUT2D eigenvalue weighted by Crippen LogP contribution is -2.34. The molecule has 0 heterocycles. The second kappa shape index (κ2) is 10.8. The van der Waals surface area contributed by atoms with Crippen molar-refractivity contribution in [1.82, 2.24) is 9.80 Å². The summed E-state index contributed by atoms with van der Waals surface area (Å²) in [5, 5.41) is 0. The Bertz CT molecular complexity index is 864. The first kappa shape index (κ1) is 23.6. The van der Waals surface area contributed by atoms with E-state index in [0.717, 1.165) is 44.1 Å². The van der Waals surface area contributed by atoms with E-state index < -0.39 is 0 Å². The molecule has 6 nitrogen and oxygen atoms in total. The van der Waals surface area contributed by atoms with Gasteiger partial charge in [-0.3, -0.25) is 9.59 Å². The quantitative estimate of drug-likeness (QED) is 0.579. The molecule has 0 atom stereocenters. The first-order valence-corrected chi connectivity index (χ1v) is 9.76. The summed E-state index contributed by atoms with van der Waals surface area (Å²) in [7, 11) is 9.92. The number of hydrogen-bond donors (Lipinski definition) is 0. The molecule has 2 aromatic carbocycles. The maximum absolute atomic E-state index is 11.3. The van der Waals surface area contributed by atoms with Crippen LogP contribution in [0.1, 0.15) is 6.92 Å². The van der Waals surface area contributed by atoms with Crippen molar-refractivity contribution >= 4 is 35.8 Å². The third kappa shape index (κ3) is 6.88. The van der Waals surface area contributed by atoms with Crippen molar-refractivity contribution in [2.24, 2.45) is 0 Å². The molecule has 0 aromatic heterocycles. The van der Waals surface area contributed by atoms with Gasteiger partial charge in [-0.15, -0.1) is 0 Å². The standard InChI is InChI=1S/C10H16N2OS.C9H14N2OS/c1-4-11(2)5-6-12(3)8-7-9(14)10(8)13;1-10(2)4-5-11(3)7-6-8(13)9(7)12/h7H,4-6H2,1-3H3;6H,4-5H2,1-3H3. The summed E-state index contributed by atoms with van der Waals surface area (Å²) in [5.74, 6) is 0. The SMILES string of the molecule is CCN(C)CCN(C)c1cc(=S)c1=O.CN(C)CCN(C)c1cc(=S)c1=O. The largest absolute Gasteiger partial charge is 0.370 e. The first-order valence-electron chi connectivity index (χ1n) is 8.94. The van der Waals surface area contributed by atoms with Gasteiger partial charge in [0.1, 0.15) is 0 Å². The molecule has 0 saturated heterocycles. The molecule has 2 aromatic rings. The Balaban J connectivity index is 0.000000271. The van der Waals surface area contributed by atoms with Gasteiger partial charge in [0, 0.05) is 40.3 Å². The van der Waals surface area contributed by atoms with E-state index in [1.807, 2.05) is 38.0 Å². The predicted molar refractivity (Wildman–Crippen MR) is 120 cm³/mol. The topological polar surface area (TPSA) is 47.1 Å². The fourth-order valence-electron chi connectivity index (χ4n) is 2.24. The number of hydrogen-bond acceptors (Lipinski definition) is 8. The van der Waals surface area contributed by atoms with Crippen LogP contribution < -0.4 is 20.7 Å². The van der Waals surface area contributed by atoms with Gasteiger partial charge in [0.25, 0.3) is 0 Å². The van der Waals surface area contributed by atoms with Crippen LogP contribution in [0.25, 0.3) is 0 Å². The first-order chi connectivity index (χ1) is 12.6. The zero-order valence-electron chi connectivity index (χ0n) is 17.1. The van der Waals surface area contributed by atoms with Gasteiger partial charge in [0.2, 0.25) is 10.9 Å². The molecule has 0 aliphatic heterocycles. The minimum Gasteiger partial charge on any atom is -0.370 e. The van der Waals surface area contributed by atoms with Crippen LogP contribution in [0.2, 0.25) is 0 Å². The van der Waals surface area contributed by atoms with E-state index in [1.165, 1.54) is 0 Å². The number of rotatable bonds is 9. The lowest BCUT2D eigenvalue weighted by molar-refractivity contribution is 0.360. The van der Waals surface area contributed by atoms with Crippen molar-refractivity contribution in [3.8, 4) is 0 Å². The normalized spacial score (nSPS) is 11.1. The average molecular weight is 411 g/mol. The molecule has 8 heteroatoms. The van der Waals surface area contributed by atoms with Gasteiger partial charge < -0.3 is 19.6 Å². The summed E-state index contributed by atoms with van der Waals surface area (Å²) in [6.45, 7) is 6.76.